The summed E-state index contributed by atoms with van der Waals surface area (Å²) in [5.74, 6) is 0.720. The van der Waals surface area contributed by atoms with Crippen molar-refractivity contribution in [1.82, 2.24) is 5.32 Å². The van der Waals surface area contributed by atoms with Crippen LogP contribution in [-0.2, 0) is 18.9 Å². The summed E-state index contributed by atoms with van der Waals surface area (Å²) in [7, 11) is 1.89. The van der Waals surface area contributed by atoms with E-state index in [0.717, 1.165) is 18.6 Å². The molecule has 0 atom stereocenters. The first-order valence-electron chi connectivity index (χ1n) is 8.50. The Morgan fingerprint density at radius 3 is 1.72 bits per heavy atom. The Kier molecular flexibility index (Phi) is 13.8. The van der Waals surface area contributed by atoms with Gasteiger partial charge in [0.05, 0.1) is 52.9 Å². The fraction of sp³-hybridized carbons (Fsp3) is 0.611. The minimum atomic E-state index is 0.455. The Hall–Kier alpha value is -1.51. The molecule has 7 heteroatoms. The molecule has 0 saturated carbocycles. The molecule has 0 fully saturated rings. The average molecular weight is 355 g/mol. The van der Waals surface area contributed by atoms with Gasteiger partial charge >= 0.3 is 0 Å². The van der Waals surface area contributed by atoms with Crippen molar-refractivity contribution in [3.05, 3.63) is 29.8 Å². The maximum Gasteiger partial charge on any atom is 0.150 e. The van der Waals surface area contributed by atoms with Gasteiger partial charge in [-0.3, -0.25) is 4.79 Å². The lowest BCUT2D eigenvalue weighted by atomic mass is 10.2. The molecular formula is C18H29NO6. The van der Waals surface area contributed by atoms with E-state index in [9.17, 15) is 4.79 Å². The number of rotatable bonds is 17. The lowest BCUT2D eigenvalue weighted by molar-refractivity contribution is -0.00418. The largest absolute Gasteiger partial charge is 0.491 e. The van der Waals surface area contributed by atoms with Crippen LogP contribution in [0.15, 0.2) is 24.3 Å². The second-order valence-corrected chi connectivity index (χ2v) is 5.09. The van der Waals surface area contributed by atoms with Crippen LogP contribution in [0.25, 0.3) is 0 Å². The Labute approximate surface area is 149 Å². The van der Waals surface area contributed by atoms with Gasteiger partial charge in [0.25, 0.3) is 0 Å². The van der Waals surface area contributed by atoms with Crippen LogP contribution in [-0.4, -0.2) is 79.3 Å². The summed E-state index contributed by atoms with van der Waals surface area (Å²) in [5.41, 5.74) is 0.631. The van der Waals surface area contributed by atoms with Crippen molar-refractivity contribution in [1.29, 1.82) is 0 Å². The fourth-order valence-electron chi connectivity index (χ4n) is 1.80. The molecule has 1 N–H and O–H groups in total. The summed E-state index contributed by atoms with van der Waals surface area (Å²) in [6.45, 7) is 5.79. The molecular weight excluding hydrogens is 326 g/mol. The molecule has 0 saturated heterocycles. The molecule has 0 amide bonds. The van der Waals surface area contributed by atoms with Crippen LogP contribution in [0.2, 0.25) is 0 Å². The number of nitrogens with one attached hydrogen (secondary N) is 1. The molecule has 1 rings (SSSR count). The number of carbonyl (C=O) groups is 1. The quantitative estimate of drug-likeness (QED) is 0.332. The first-order valence-corrected chi connectivity index (χ1v) is 8.50. The number of benzene rings is 1. The topological polar surface area (TPSA) is 75.2 Å². The van der Waals surface area contributed by atoms with E-state index in [2.05, 4.69) is 5.32 Å². The van der Waals surface area contributed by atoms with Gasteiger partial charge in [-0.25, -0.2) is 0 Å². The van der Waals surface area contributed by atoms with E-state index in [0.29, 0.717) is 65.0 Å². The molecule has 0 aliphatic heterocycles. The average Bonchev–Trinajstić information content (AvgIpc) is 2.65. The Morgan fingerprint density at radius 2 is 1.24 bits per heavy atom. The molecule has 0 aliphatic carbocycles. The van der Waals surface area contributed by atoms with Gasteiger partial charge < -0.3 is 29.0 Å². The highest BCUT2D eigenvalue weighted by Gasteiger charge is 1.96. The predicted molar refractivity (Wildman–Crippen MR) is 94.5 cm³/mol. The fourth-order valence-corrected chi connectivity index (χ4v) is 1.80. The Morgan fingerprint density at radius 1 is 0.760 bits per heavy atom. The summed E-state index contributed by atoms with van der Waals surface area (Å²) < 4.78 is 27.0. The summed E-state index contributed by atoms with van der Waals surface area (Å²) in [5, 5.41) is 3.01. The molecule has 0 heterocycles. The Balaban J connectivity index is 1.79. The summed E-state index contributed by atoms with van der Waals surface area (Å²) >= 11 is 0. The molecule has 25 heavy (non-hydrogen) atoms. The molecule has 142 valence electrons. The van der Waals surface area contributed by atoms with E-state index >= 15 is 0 Å². The summed E-state index contributed by atoms with van der Waals surface area (Å²) in [6, 6.07) is 6.96. The van der Waals surface area contributed by atoms with E-state index in [4.69, 9.17) is 23.7 Å². The predicted octanol–water partition coefficient (Wildman–Crippen LogP) is 1.16. The van der Waals surface area contributed by atoms with Crippen molar-refractivity contribution in [2.45, 2.75) is 0 Å². The van der Waals surface area contributed by atoms with Crippen LogP contribution in [0.4, 0.5) is 0 Å². The zero-order chi connectivity index (χ0) is 18.0. The normalized spacial score (nSPS) is 10.8. The van der Waals surface area contributed by atoms with Crippen LogP contribution >= 0.6 is 0 Å². The minimum Gasteiger partial charge on any atom is -0.491 e. The van der Waals surface area contributed by atoms with Crippen molar-refractivity contribution < 1.29 is 28.5 Å². The molecule has 1 aromatic carbocycles. The van der Waals surface area contributed by atoms with Crippen LogP contribution in [0.5, 0.6) is 5.75 Å². The summed E-state index contributed by atoms with van der Waals surface area (Å²) in [6.07, 6.45) is 0.803. The molecule has 1 aromatic rings. The molecule has 0 aromatic heterocycles. The smallest absolute Gasteiger partial charge is 0.150 e. The highest BCUT2D eigenvalue weighted by Crippen LogP contribution is 2.10. The van der Waals surface area contributed by atoms with Crippen molar-refractivity contribution in [2.75, 3.05) is 73.1 Å². The number of likely N-dealkylation sites (N-methyl/N-ethyl adjacent to an activating group) is 1. The van der Waals surface area contributed by atoms with Crippen LogP contribution in [0, 0.1) is 0 Å². The minimum absolute atomic E-state index is 0.455. The lowest BCUT2D eigenvalue weighted by Crippen LogP contribution is -2.17. The van der Waals surface area contributed by atoms with Crippen molar-refractivity contribution >= 4 is 6.29 Å². The van der Waals surface area contributed by atoms with Crippen LogP contribution in [0.3, 0.4) is 0 Å². The van der Waals surface area contributed by atoms with Crippen LogP contribution in [0.1, 0.15) is 10.4 Å². The first-order chi connectivity index (χ1) is 12.4. The molecule has 0 radical (unpaired) electrons. The van der Waals surface area contributed by atoms with E-state index in [1.807, 2.05) is 7.05 Å². The molecule has 0 bridgehead atoms. The summed E-state index contributed by atoms with van der Waals surface area (Å²) in [4.78, 5) is 10.5. The third-order valence-electron chi connectivity index (χ3n) is 3.13. The van der Waals surface area contributed by atoms with Gasteiger partial charge in [-0.2, -0.15) is 0 Å². The van der Waals surface area contributed by atoms with Gasteiger partial charge in [0.15, 0.2) is 0 Å². The van der Waals surface area contributed by atoms with Gasteiger partial charge in [-0.15, -0.1) is 0 Å². The van der Waals surface area contributed by atoms with Gasteiger partial charge in [0, 0.05) is 12.1 Å². The lowest BCUT2D eigenvalue weighted by Gasteiger charge is -2.08. The third-order valence-corrected chi connectivity index (χ3v) is 3.13. The number of hydrogen-bond donors (Lipinski definition) is 1. The van der Waals surface area contributed by atoms with E-state index in [1.54, 1.807) is 24.3 Å². The maximum atomic E-state index is 10.5. The van der Waals surface area contributed by atoms with E-state index in [-0.39, 0.29) is 0 Å². The maximum absolute atomic E-state index is 10.5. The van der Waals surface area contributed by atoms with Gasteiger partial charge in [-0.1, -0.05) is 0 Å². The van der Waals surface area contributed by atoms with Gasteiger partial charge in [-0.05, 0) is 31.3 Å². The second kappa shape index (κ2) is 16.0. The molecule has 0 aliphatic rings. The number of hydrogen-bond acceptors (Lipinski definition) is 7. The zero-order valence-corrected chi connectivity index (χ0v) is 14.9. The Bertz CT molecular complexity index is 426. The van der Waals surface area contributed by atoms with E-state index < -0.39 is 0 Å². The third kappa shape index (κ3) is 12.5. The zero-order valence-electron chi connectivity index (χ0n) is 14.9. The SMILES string of the molecule is CNCCOCCOCCOCCOCCOc1ccc(C=O)cc1. The van der Waals surface area contributed by atoms with Crippen molar-refractivity contribution in [2.24, 2.45) is 0 Å². The standard InChI is InChI=1S/C18H29NO6/c1-19-6-7-21-8-9-22-10-11-23-12-13-24-14-15-25-18-4-2-17(16-20)3-5-18/h2-5,16,19H,6-15H2,1H3. The number of carbonyl (C=O) groups excluding carboxylic acids is 1. The van der Waals surface area contributed by atoms with Crippen LogP contribution < -0.4 is 10.1 Å². The monoisotopic (exact) mass is 355 g/mol. The van der Waals surface area contributed by atoms with E-state index in [1.165, 1.54) is 0 Å². The molecule has 0 spiro atoms. The van der Waals surface area contributed by atoms with Crippen molar-refractivity contribution in [3.8, 4) is 5.75 Å². The van der Waals surface area contributed by atoms with Gasteiger partial charge in [0.2, 0.25) is 0 Å². The first kappa shape index (κ1) is 21.5. The number of ether oxygens (including phenoxy) is 5. The van der Waals surface area contributed by atoms with Gasteiger partial charge in [0.1, 0.15) is 18.6 Å². The number of aldehydes is 1. The molecule has 0 unspecified atom stereocenters. The van der Waals surface area contributed by atoms with Crippen molar-refractivity contribution in [3.63, 3.8) is 0 Å². The highest BCUT2D eigenvalue weighted by atomic mass is 16.6. The highest BCUT2D eigenvalue weighted by molar-refractivity contribution is 5.74. The second-order valence-electron chi connectivity index (χ2n) is 5.09. The molecule has 7 nitrogen and oxygen atoms in total.